The molecular formula is C20H34N4O9. The van der Waals surface area contributed by atoms with E-state index in [1.807, 2.05) is 0 Å². The molecule has 0 aromatic heterocycles. The molecule has 1 atom stereocenters. The molecule has 0 fully saturated rings. The number of Topliss-reactive ketones (excluding diaryl/α,β-unsaturated/α-hetero) is 2. The van der Waals surface area contributed by atoms with Gasteiger partial charge in [-0.05, 0) is 6.42 Å². The first-order valence-electron chi connectivity index (χ1n) is 10.5. The van der Waals surface area contributed by atoms with Gasteiger partial charge in [0, 0.05) is 45.8 Å². The quantitative estimate of drug-likeness (QED) is 0.121. The van der Waals surface area contributed by atoms with Crippen molar-refractivity contribution in [2.45, 2.75) is 44.6 Å². The molecule has 0 aromatic carbocycles. The molecule has 0 bridgehead atoms. The van der Waals surface area contributed by atoms with Crippen LogP contribution in [0.4, 0.5) is 0 Å². The molecule has 13 heteroatoms. The number of methoxy groups -OCH3 is 1. The Kier molecular flexibility index (Phi) is 17.0. The van der Waals surface area contributed by atoms with Crippen molar-refractivity contribution in [3.05, 3.63) is 0 Å². The summed E-state index contributed by atoms with van der Waals surface area (Å²) in [5.74, 6) is -3.30. The van der Waals surface area contributed by atoms with E-state index < -0.39 is 29.6 Å². The summed E-state index contributed by atoms with van der Waals surface area (Å²) < 4.78 is 10.00. The molecule has 0 aromatic rings. The average Bonchev–Trinajstić information content (AvgIpc) is 2.78. The first kappa shape index (κ1) is 30.1. The predicted octanol–water partition coefficient (Wildman–Crippen LogP) is -2.11. The second-order valence-electron chi connectivity index (χ2n) is 7.07. The zero-order valence-corrected chi connectivity index (χ0v) is 18.9. The van der Waals surface area contributed by atoms with E-state index in [-0.39, 0.29) is 63.3 Å². The monoisotopic (exact) mass is 474 g/mol. The van der Waals surface area contributed by atoms with Crippen molar-refractivity contribution in [1.82, 2.24) is 16.0 Å². The lowest BCUT2D eigenvalue weighted by molar-refractivity contribution is -0.137. The fraction of sp³-hybridized carbons (Fsp3) is 0.700. The van der Waals surface area contributed by atoms with Crippen molar-refractivity contribution in [3.63, 3.8) is 0 Å². The number of aliphatic carboxylic acids is 1. The van der Waals surface area contributed by atoms with Gasteiger partial charge < -0.3 is 36.3 Å². The number of rotatable bonds is 20. The molecule has 0 aliphatic carbocycles. The molecule has 0 aliphatic rings. The van der Waals surface area contributed by atoms with Gasteiger partial charge in [0.05, 0.1) is 39.0 Å². The minimum atomic E-state index is -1.08. The standard InChI is InChI=1S/C20H34N4O9/c1-32-10-11-33-9-8-22-17(27)5-2-14(25)12-23-18(28)6-3-15(26)13-24-20(31)16(21)4-7-19(29)30/h16H,2-13,21H2,1H3,(H,22,27)(H,23,28)(H,24,31)(H,29,30)/t16-/m0/s1. The number of carbonyl (C=O) groups excluding carboxylic acids is 5. The van der Waals surface area contributed by atoms with Crippen LogP contribution in [0.5, 0.6) is 0 Å². The number of ether oxygens (including phenoxy) is 2. The topological polar surface area (TPSA) is 203 Å². The Balaban J connectivity index is 3.85. The molecule has 188 valence electrons. The molecule has 3 amide bonds. The Morgan fingerprint density at radius 2 is 1.36 bits per heavy atom. The highest BCUT2D eigenvalue weighted by molar-refractivity contribution is 5.92. The van der Waals surface area contributed by atoms with Crippen LogP contribution in [0.3, 0.4) is 0 Å². The van der Waals surface area contributed by atoms with Crippen LogP contribution in [0, 0.1) is 0 Å². The average molecular weight is 475 g/mol. The number of amides is 3. The summed E-state index contributed by atoms with van der Waals surface area (Å²) in [6, 6.07) is -1.04. The van der Waals surface area contributed by atoms with Gasteiger partial charge in [-0.1, -0.05) is 0 Å². The summed E-state index contributed by atoms with van der Waals surface area (Å²) in [5.41, 5.74) is 5.51. The van der Waals surface area contributed by atoms with Gasteiger partial charge in [-0.2, -0.15) is 0 Å². The molecule has 0 unspecified atom stereocenters. The number of nitrogens with one attached hydrogen (secondary N) is 3. The zero-order valence-electron chi connectivity index (χ0n) is 18.9. The minimum Gasteiger partial charge on any atom is -0.481 e. The fourth-order valence-electron chi connectivity index (χ4n) is 2.29. The summed E-state index contributed by atoms with van der Waals surface area (Å²) in [6.45, 7) is 0.945. The molecule has 0 saturated heterocycles. The Hall–Kier alpha value is -2.90. The van der Waals surface area contributed by atoms with Crippen LogP contribution in [-0.4, -0.2) is 93.0 Å². The van der Waals surface area contributed by atoms with Crippen molar-refractivity contribution < 1.29 is 43.3 Å². The Morgan fingerprint density at radius 3 is 1.94 bits per heavy atom. The Labute approximate surface area is 192 Å². The highest BCUT2D eigenvalue weighted by atomic mass is 16.5. The van der Waals surface area contributed by atoms with E-state index in [4.69, 9.17) is 20.3 Å². The van der Waals surface area contributed by atoms with Crippen LogP contribution in [-0.2, 0) is 38.2 Å². The molecule has 0 rings (SSSR count). The van der Waals surface area contributed by atoms with Crippen LogP contribution in [0.2, 0.25) is 0 Å². The molecule has 0 heterocycles. The zero-order chi connectivity index (χ0) is 25.1. The van der Waals surface area contributed by atoms with E-state index in [9.17, 15) is 28.8 Å². The number of carboxylic acids is 1. The highest BCUT2D eigenvalue weighted by Gasteiger charge is 2.16. The fourth-order valence-corrected chi connectivity index (χ4v) is 2.29. The maximum absolute atomic E-state index is 11.8. The van der Waals surface area contributed by atoms with E-state index in [1.165, 1.54) is 0 Å². The van der Waals surface area contributed by atoms with E-state index in [2.05, 4.69) is 16.0 Å². The van der Waals surface area contributed by atoms with Gasteiger partial charge in [-0.3, -0.25) is 28.8 Å². The third-order valence-electron chi connectivity index (χ3n) is 4.21. The summed E-state index contributed by atoms with van der Waals surface area (Å²) in [7, 11) is 1.55. The smallest absolute Gasteiger partial charge is 0.303 e. The second-order valence-corrected chi connectivity index (χ2v) is 7.07. The third-order valence-corrected chi connectivity index (χ3v) is 4.21. The molecule has 0 radical (unpaired) electrons. The summed E-state index contributed by atoms with van der Waals surface area (Å²) >= 11 is 0. The lowest BCUT2D eigenvalue weighted by atomic mass is 10.1. The van der Waals surface area contributed by atoms with Crippen LogP contribution in [0.1, 0.15) is 38.5 Å². The Morgan fingerprint density at radius 1 is 0.788 bits per heavy atom. The minimum absolute atomic E-state index is 0.0143. The second kappa shape index (κ2) is 18.7. The molecule has 0 saturated carbocycles. The highest BCUT2D eigenvalue weighted by Crippen LogP contribution is 1.96. The van der Waals surface area contributed by atoms with Crippen LogP contribution < -0.4 is 21.7 Å². The van der Waals surface area contributed by atoms with Gasteiger partial charge >= 0.3 is 5.97 Å². The van der Waals surface area contributed by atoms with Gasteiger partial charge in [0.15, 0.2) is 11.6 Å². The third kappa shape index (κ3) is 18.4. The predicted molar refractivity (Wildman–Crippen MR) is 115 cm³/mol. The van der Waals surface area contributed by atoms with Crippen LogP contribution >= 0.6 is 0 Å². The molecular weight excluding hydrogens is 440 g/mol. The summed E-state index contributed by atoms with van der Waals surface area (Å²) in [4.78, 5) is 69.0. The van der Waals surface area contributed by atoms with Gasteiger partial charge in [0.25, 0.3) is 0 Å². The van der Waals surface area contributed by atoms with E-state index in [0.717, 1.165) is 0 Å². The van der Waals surface area contributed by atoms with Gasteiger partial charge in [0.2, 0.25) is 17.7 Å². The van der Waals surface area contributed by atoms with E-state index in [1.54, 1.807) is 7.11 Å². The van der Waals surface area contributed by atoms with Crippen molar-refractivity contribution in [1.29, 1.82) is 0 Å². The van der Waals surface area contributed by atoms with Crippen molar-refractivity contribution >= 4 is 35.3 Å². The molecule has 13 nitrogen and oxygen atoms in total. The maximum atomic E-state index is 11.8. The normalized spacial score (nSPS) is 11.3. The molecule has 0 aliphatic heterocycles. The SMILES string of the molecule is COCCOCCNC(=O)CCC(=O)CNC(=O)CCC(=O)CNC(=O)[C@@H](N)CCC(=O)O. The van der Waals surface area contributed by atoms with Crippen LogP contribution in [0.25, 0.3) is 0 Å². The molecule has 6 N–H and O–H groups in total. The molecule has 0 spiro atoms. The van der Waals surface area contributed by atoms with Crippen LogP contribution in [0.15, 0.2) is 0 Å². The Bertz CT molecular complexity index is 670. The summed E-state index contributed by atoms with van der Waals surface area (Å²) in [6.07, 6.45) is -0.702. The number of hydrogen-bond acceptors (Lipinski definition) is 9. The lowest BCUT2D eigenvalue weighted by Gasteiger charge is -2.10. The number of hydrogen-bond donors (Lipinski definition) is 5. The number of ketones is 2. The summed E-state index contributed by atoms with van der Waals surface area (Å²) in [5, 5.41) is 15.8. The van der Waals surface area contributed by atoms with E-state index in [0.29, 0.717) is 26.4 Å². The van der Waals surface area contributed by atoms with Gasteiger partial charge in [0.1, 0.15) is 0 Å². The maximum Gasteiger partial charge on any atom is 0.303 e. The van der Waals surface area contributed by atoms with Crippen molar-refractivity contribution in [2.75, 3.05) is 46.6 Å². The molecule has 33 heavy (non-hydrogen) atoms. The first-order chi connectivity index (χ1) is 15.6. The largest absolute Gasteiger partial charge is 0.481 e. The van der Waals surface area contributed by atoms with Gasteiger partial charge in [-0.25, -0.2) is 0 Å². The number of nitrogens with two attached hydrogens (primary N) is 1. The first-order valence-corrected chi connectivity index (χ1v) is 10.5. The van der Waals surface area contributed by atoms with E-state index >= 15 is 0 Å². The lowest BCUT2D eigenvalue weighted by Crippen LogP contribution is -2.42. The van der Waals surface area contributed by atoms with Gasteiger partial charge in [-0.15, -0.1) is 0 Å². The number of carbonyl (C=O) groups is 6. The van der Waals surface area contributed by atoms with Crippen molar-refractivity contribution in [3.8, 4) is 0 Å². The van der Waals surface area contributed by atoms with Crippen molar-refractivity contribution in [2.24, 2.45) is 5.73 Å². The number of carboxylic acid groups (broad SMARTS) is 1.